The second-order valence-electron chi connectivity index (χ2n) is 19.9. The summed E-state index contributed by atoms with van der Waals surface area (Å²) in [6, 6.07) is 0. The standard InChI is InChI=1S/C63H112O6/c1-4-7-10-13-16-19-21-23-25-26-27-28-29-30-31-32-33-34-35-36-38-39-41-44-47-50-53-56-62(65)68-59-60(58-67-61(64)55-52-49-46-43-18-15-12-9-6-3)69-63(66)57-54-51-48-45-42-40-37-24-22-20-17-14-11-8-5-2/h8,11,17,20,24,37,42,45,51,54,60H,4-7,9-10,12-16,18-19,21-23,25-36,38-41,43-44,46-50,52-53,55-59H2,1-3H3/b11-8-,20-17-,37-24-,45-42-,54-51-. The molecule has 0 rings (SSSR count). The number of rotatable bonds is 54. The molecule has 0 saturated heterocycles. The van der Waals surface area contributed by atoms with E-state index in [9.17, 15) is 14.4 Å². The maximum Gasteiger partial charge on any atom is 0.310 e. The van der Waals surface area contributed by atoms with Crippen molar-refractivity contribution in [1.29, 1.82) is 0 Å². The molecule has 0 aliphatic heterocycles. The molecule has 6 heteroatoms. The fourth-order valence-corrected chi connectivity index (χ4v) is 8.64. The summed E-state index contributed by atoms with van der Waals surface area (Å²) in [6.45, 7) is 6.45. The Balaban J connectivity index is 4.18. The van der Waals surface area contributed by atoms with Crippen LogP contribution in [0.5, 0.6) is 0 Å². The van der Waals surface area contributed by atoms with Crippen molar-refractivity contribution in [3.63, 3.8) is 0 Å². The second kappa shape index (κ2) is 57.7. The first-order valence-electron chi connectivity index (χ1n) is 29.8. The van der Waals surface area contributed by atoms with Crippen LogP contribution in [0.2, 0.25) is 0 Å². The summed E-state index contributed by atoms with van der Waals surface area (Å²) < 4.78 is 16.7. The van der Waals surface area contributed by atoms with Crippen LogP contribution in [0.3, 0.4) is 0 Å². The highest BCUT2D eigenvalue weighted by atomic mass is 16.6. The first-order chi connectivity index (χ1) is 34.0. The van der Waals surface area contributed by atoms with Crippen molar-refractivity contribution in [3.05, 3.63) is 60.8 Å². The molecule has 400 valence electrons. The molecule has 0 aliphatic rings. The molecule has 0 aromatic carbocycles. The molecule has 1 unspecified atom stereocenters. The number of ether oxygens (including phenoxy) is 3. The largest absolute Gasteiger partial charge is 0.462 e. The Morgan fingerprint density at radius 3 is 0.826 bits per heavy atom. The minimum atomic E-state index is -0.824. The average Bonchev–Trinajstić information content (AvgIpc) is 3.35. The molecule has 69 heavy (non-hydrogen) atoms. The summed E-state index contributed by atoms with van der Waals surface area (Å²) in [5.74, 6) is -1.03. The molecule has 1 atom stereocenters. The molecule has 0 heterocycles. The van der Waals surface area contributed by atoms with E-state index in [1.54, 1.807) is 6.08 Å². The van der Waals surface area contributed by atoms with Gasteiger partial charge in [-0.25, -0.2) is 0 Å². The van der Waals surface area contributed by atoms with Crippen LogP contribution in [0.25, 0.3) is 0 Å². The maximum absolute atomic E-state index is 12.7. The van der Waals surface area contributed by atoms with Gasteiger partial charge in [0.25, 0.3) is 0 Å². The summed E-state index contributed by atoms with van der Waals surface area (Å²) in [6.07, 6.45) is 72.8. The predicted molar refractivity (Wildman–Crippen MR) is 298 cm³/mol. The number of carbonyl (C=O) groups is 3. The molecule has 0 spiro atoms. The van der Waals surface area contributed by atoms with Crippen LogP contribution in [-0.2, 0) is 28.6 Å². The lowest BCUT2D eigenvalue weighted by Gasteiger charge is -2.18. The molecule has 0 fully saturated rings. The van der Waals surface area contributed by atoms with Gasteiger partial charge in [0.15, 0.2) is 6.10 Å². The third-order valence-corrected chi connectivity index (χ3v) is 13.1. The van der Waals surface area contributed by atoms with Gasteiger partial charge in [-0.05, 0) is 44.9 Å². The number of carbonyl (C=O) groups excluding carboxylic acids is 3. The monoisotopic (exact) mass is 965 g/mol. The van der Waals surface area contributed by atoms with E-state index in [1.165, 1.54) is 193 Å². The van der Waals surface area contributed by atoms with E-state index >= 15 is 0 Å². The van der Waals surface area contributed by atoms with Crippen LogP contribution in [0.1, 0.15) is 303 Å². The van der Waals surface area contributed by atoms with Crippen molar-refractivity contribution in [1.82, 2.24) is 0 Å². The lowest BCUT2D eigenvalue weighted by molar-refractivity contribution is -0.166. The zero-order chi connectivity index (χ0) is 50.0. The van der Waals surface area contributed by atoms with Crippen molar-refractivity contribution >= 4 is 17.9 Å². The van der Waals surface area contributed by atoms with E-state index in [4.69, 9.17) is 14.2 Å². The first kappa shape index (κ1) is 66.1. The average molecular weight is 966 g/mol. The number of unbranched alkanes of at least 4 members (excludes halogenated alkanes) is 34. The lowest BCUT2D eigenvalue weighted by Crippen LogP contribution is -2.30. The predicted octanol–water partition coefficient (Wildman–Crippen LogP) is 20.0. The topological polar surface area (TPSA) is 78.9 Å². The summed E-state index contributed by atoms with van der Waals surface area (Å²) in [5.41, 5.74) is 0. The number of hydrogen-bond donors (Lipinski definition) is 0. The van der Waals surface area contributed by atoms with Gasteiger partial charge in [-0.2, -0.15) is 0 Å². The van der Waals surface area contributed by atoms with Crippen molar-refractivity contribution in [2.45, 2.75) is 309 Å². The Labute approximate surface area is 428 Å². The molecule has 0 saturated carbocycles. The van der Waals surface area contributed by atoms with Gasteiger partial charge in [0, 0.05) is 12.8 Å². The Bertz CT molecular complexity index is 1250. The van der Waals surface area contributed by atoms with Crippen molar-refractivity contribution in [2.24, 2.45) is 0 Å². The summed E-state index contributed by atoms with van der Waals surface area (Å²) in [4.78, 5) is 37.9. The van der Waals surface area contributed by atoms with Gasteiger partial charge in [0.1, 0.15) is 13.2 Å². The van der Waals surface area contributed by atoms with E-state index < -0.39 is 12.1 Å². The fourth-order valence-electron chi connectivity index (χ4n) is 8.64. The van der Waals surface area contributed by atoms with Crippen LogP contribution < -0.4 is 0 Å². The first-order valence-corrected chi connectivity index (χ1v) is 29.8. The van der Waals surface area contributed by atoms with Crippen LogP contribution in [0, 0.1) is 0 Å². The Kier molecular flexibility index (Phi) is 55.3. The highest BCUT2D eigenvalue weighted by Gasteiger charge is 2.19. The smallest absolute Gasteiger partial charge is 0.310 e. The van der Waals surface area contributed by atoms with Gasteiger partial charge < -0.3 is 14.2 Å². The number of allylic oxidation sites excluding steroid dienone is 9. The molecular weight excluding hydrogens is 853 g/mol. The SMILES string of the molecule is CC/C=C\C/C=C\C/C=C\C/C=C\C/C=C\CC(=O)OC(COC(=O)CCCCCCCCCCC)COC(=O)CCCCCCCCCCCCCCCCCCCCCCCCCCCCC. The van der Waals surface area contributed by atoms with Gasteiger partial charge in [0.05, 0.1) is 6.42 Å². The molecule has 0 aliphatic carbocycles. The normalized spacial score (nSPS) is 12.4. The van der Waals surface area contributed by atoms with Gasteiger partial charge in [-0.1, -0.05) is 300 Å². The summed E-state index contributed by atoms with van der Waals surface area (Å²) in [5, 5.41) is 0. The van der Waals surface area contributed by atoms with Crippen LogP contribution in [0.15, 0.2) is 60.8 Å². The second-order valence-corrected chi connectivity index (χ2v) is 19.9. The third-order valence-electron chi connectivity index (χ3n) is 13.1. The quantitative estimate of drug-likeness (QED) is 0.0262. The van der Waals surface area contributed by atoms with E-state index in [0.29, 0.717) is 12.8 Å². The molecule has 0 bridgehead atoms. The molecular formula is C63H112O6. The van der Waals surface area contributed by atoms with E-state index in [-0.39, 0.29) is 31.6 Å². The lowest BCUT2D eigenvalue weighted by atomic mass is 10.0. The van der Waals surface area contributed by atoms with E-state index in [1.807, 2.05) is 6.08 Å². The zero-order valence-electron chi connectivity index (χ0n) is 45.8. The van der Waals surface area contributed by atoms with Crippen molar-refractivity contribution in [2.75, 3.05) is 13.2 Å². The zero-order valence-corrected chi connectivity index (χ0v) is 45.8. The molecule has 0 N–H and O–H groups in total. The molecule has 6 nitrogen and oxygen atoms in total. The van der Waals surface area contributed by atoms with Gasteiger partial charge in [0.2, 0.25) is 0 Å². The number of hydrogen-bond acceptors (Lipinski definition) is 6. The third kappa shape index (κ3) is 55.9. The van der Waals surface area contributed by atoms with E-state index in [2.05, 4.69) is 69.4 Å². The minimum Gasteiger partial charge on any atom is -0.462 e. The van der Waals surface area contributed by atoms with Gasteiger partial charge in [-0.3, -0.25) is 14.4 Å². The Morgan fingerprint density at radius 1 is 0.304 bits per heavy atom. The van der Waals surface area contributed by atoms with E-state index in [0.717, 1.165) is 70.6 Å². The molecule has 0 radical (unpaired) electrons. The Hall–Kier alpha value is -2.89. The van der Waals surface area contributed by atoms with Crippen molar-refractivity contribution in [3.8, 4) is 0 Å². The van der Waals surface area contributed by atoms with Gasteiger partial charge in [-0.15, -0.1) is 0 Å². The van der Waals surface area contributed by atoms with Crippen LogP contribution in [-0.4, -0.2) is 37.2 Å². The minimum absolute atomic E-state index is 0.101. The van der Waals surface area contributed by atoms with Crippen LogP contribution >= 0.6 is 0 Å². The molecule has 0 amide bonds. The fraction of sp³-hybridized carbons (Fsp3) is 0.794. The van der Waals surface area contributed by atoms with Crippen LogP contribution in [0.4, 0.5) is 0 Å². The highest BCUT2D eigenvalue weighted by molar-refractivity contribution is 5.72. The molecule has 0 aromatic heterocycles. The van der Waals surface area contributed by atoms with Gasteiger partial charge >= 0.3 is 17.9 Å². The molecule has 0 aromatic rings. The summed E-state index contributed by atoms with van der Waals surface area (Å²) in [7, 11) is 0. The Morgan fingerprint density at radius 2 is 0.551 bits per heavy atom. The highest BCUT2D eigenvalue weighted by Crippen LogP contribution is 2.17. The summed E-state index contributed by atoms with van der Waals surface area (Å²) >= 11 is 0. The number of esters is 3. The maximum atomic E-state index is 12.7. The van der Waals surface area contributed by atoms with Crippen molar-refractivity contribution < 1.29 is 28.6 Å².